The third kappa shape index (κ3) is 5.51. The zero-order valence-electron chi connectivity index (χ0n) is 20.2. The Kier molecular flexibility index (Phi) is 8.04. The summed E-state index contributed by atoms with van der Waals surface area (Å²) in [7, 11) is 0. The van der Waals surface area contributed by atoms with Gasteiger partial charge in [0.1, 0.15) is 5.92 Å². The lowest BCUT2D eigenvalue weighted by Crippen LogP contribution is -2.39. The SMILES string of the molecule is CCCCCOC(=O)C1C(C)=NC2=C(C(=O)CC(C)(C)C2)[C@@H]1c1cc(Br)c(O)c(OCC)c1. The van der Waals surface area contributed by atoms with Crippen LogP contribution < -0.4 is 4.74 Å². The van der Waals surface area contributed by atoms with Crippen LogP contribution in [0.25, 0.3) is 0 Å². The Bertz CT molecular complexity index is 995. The molecule has 0 saturated heterocycles. The summed E-state index contributed by atoms with van der Waals surface area (Å²) in [5.41, 5.74) is 2.50. The van der Waals surface area contributed by atoms with Gasteiger partial charge in [-0.1, -0.05) is 33.6 Å². The maximum absolute atomic E-state index is 13.4. The second-order valence-corrected chi connectivity index (χ2v) is 10.5. The van der Waals surface area contributed by atoms with Gasteiger partial charge in [0, 0.05) is 29.3 Å². The number of unbranched alkanes of at least 4 members (excludes halogenated alkanes) is 2. The zero-order valence-corrected chi connectivity index (χ0v) is 21.8. The van der Waals surface area contributed by atoms with Crippen molar-refractivity contribution in [3.05, 3.63) is 33.4 Å². The number of nitrogens with zero attached hydrogens (tertiary/aromatic N) is 1. The maximum atomic E-state index is 13.4. The third-order valence-corrected chi connectivity index (χ3v) is 6.86. The Morgan fingerprint density at radius 2 is 1.97 bits per heavy atom. The van der Waals surface area contributed by atoms with E-state index in [1.807, 2.05) is 13.8 Å². The molecule has 7 heteroatoms. The number of allylic oxidation sites excluding steroid dienone is 2. The molecule has 1 N–H and O–H groups in total. The van der Waals surface area contributed by atoms with Crippen molar-refractivity contribution in [1.29, 1.82) is 0 Å². The summed E-state index contributed by atoms with van der Waals surface area (Å²) in [5, 5.41) is 10.4. The van der Waals surface area contributed by atoms with Crippen LogP contribution >= 0.6 is 15.9 Å². The van der Waals surface area contributed by atoms with Crippen LogP contribution in [0.2, 0.25) is 0 Å². The monoisotopic (exact) mass is 519 g/mol. The van der Waals surface area contributed by atoms with Gasteiger partial charge in [-0.2, -0.15) is 0 Å². The molecule has 0 spiro atoms. The second-order valence-electron chi connectivity index (χ2n) is 9.67. The molecular formula is C26H34BrNO5. The molecule has 0 radical (unpaired) electrons. The molecule has 180 valence electrons. The van der Waals surface area contributed by atoms with E-state index in [1.165, 1.54) is 0 Å². The molecule has 2 atom stereocenters. The van der Waals surface area contributed by atoms with Crippen LogP contribution in [-0.2, 0) is 14.3 Å². The fourth-order valence-corrected chi connectivity index (χ4v) is 5.22. The summed E-state index contributed by atoms with van der Waals surface area (Å²) >= 11 is 3.41. The highest BCUT2D eigenvalue weighted by Crippen LogP contribution is 2.49. The fourth-order valence-electron chi connectivity index (χ4n) is 4.76. The van der Waals surface area contributed by atoms with Gasteiger partial charge >= 0.3 is 5.97 Å². The van der Waals surface area contributed by atoms with E-state index in [1.54, 1.807) is 12.1 Å². The number of ketones is 1. The van der Waals surface area contributed by atoms with Crippen LogP contribution in [0.1, 0.15) is 78.2 Å². The number of carbonyl (C=O) groups is 2. The van der Waals surface area contributed by atoms with Crippen LogP contribution in [0.5, 0.6) is 11.5 Å². The molecule has 0 fully saturated rings. The first kappa shape index (κ1) is 25.5. The molecule has 3 rings (SSSR count). The van der Waals surface area contributed by atoms with Crippen LogP contribution in [0.3, 0.4) is 0 Å². The number of halogens is 1. The van der Waals surface area contributed by atoms with Crippen LogP contribution in [-0.4, -0.2) is 35.8 Å². The molecule has 0 aromatic heterocycles. The summed E-state index contributed by atoms with van der Waals surface area (Å²) < 4.78 is 11.7. The van der Waals surface area contributed by atoms with Gasteiger partial charge in [0.05, 0.1) is 17.7 Å². The van der Waals surface area contributed by atoms with Gasteiger partial charge in [-0.3, -0.25) is 14.6 Å². The summed E-state index contributed by atoms with van der Waals surface area (Å²) in [5.74, 6) is -1.32. The van der Waals surface area contributed by atoms with Crippen molar-refractivity contribution < 1.29 is 24.2 Å². The Labute approximate surface area is 204 Å². The summed E-state index contributed by atoms with van der Waals surface area (Å²) in [6.45, 7) is 10.6. The minimum absolute atomic E-state index is 0.00782. The minimum Gasteiger partial charge on any atom is -0.503 e. The number of rotatable bonds is 8. The number of esters is 1. The van der Waals surface area contributed by atoms with Crippen molar-refractivity contribution in [2.24, 2.45) is 16.3 Å². The number of phenols is 1. The van der Waals surface area contributed by atoms with Crippen molar-refractivity contribution in [2.45, 2.75) is 72.6 Å². The number of Topliss-reactive ketones (excluding diaryl/α,β-unsaturated/α-hetero) is 1. The minimum atomic E-state index is -0.707. The number of hydrogen-bond acceptors (Lipinski definition) is 6. The number of carbonyl (C=O) groups excluding carboxylic acids is 2. The molecule has 1 aliphatic heterocycles. The van der Waals surface area contributed by atoms with Gasteiger partial charge in [0.25, 0.3) is 0 Å². The Balaban J connectivity index is 2.11. The average molecular weight is 520 g/mol. The Hall–Kier alpha value is -2.15. The van der Waals surface area contributed by atoms with Gasteiger partial charge < -0.3 is 14.6 Å². The lowest BCUT2D eigenvalue weighted by Gasteiger charge is -2.39. The summed E-state index contributed by atoms with van der Waals surface area (Å²) in [6, 6.07) is 3.48. The molecule has 1 heterocycles. The number of phenolic OH excluding ortho intramolecular Hbond substituents is 1. The van der Waals surface area contributed by atoms with E-state index >= 15 is 0 Å². The normalized spacial score (nSPS) is 22.0. The molecule has 0 bridgehead atoms. The standard InChI is InChI=1S/C26H34BrNO5/c1-6-8-9-10-33-25(31)21-15(3)28-18-13-26(4,5)14-19(29)23(18)22(21)16-11-17(27)24(30)20(12-16)32-7-2/h11-12,21-22,30H,6-10,13-14H2,1-5H3/t21?,22-/m1/s1. The average Bonchev–Trinajstić information content (AvgIpc) is 2.72. The van der Waals surface area contributed by atoms with E-state index in [0.29, 0.717) is 53.1 Å². The zero-order chi connectivity index (χ0) is 24.3. The molecule has 1 unspecified atom stereocenters. The van der Waals surface area contributed by atoms with Crippen molar-refractivity contribution in [2.75, 3.05) is 13.2 Å². The quantitative estimate of drug-likeness (QED) is 0.331. The largest absolute Gasteiger partial charge is 0.503 e. The molecule has 2 aliphatic rings. The Morgan fingerprint density at radius 1 is 1.24 bits per heavy atom. The summed E-state index contributed by atoms with van der Waals surface area (Å²) in [6.07, 6.45) is 3.88. The molecule has 0 amide bonds. The Morgan fingerprint density at radius 3 is 2.64 bits per heavy atom. The highest BCUT2D eigenvalue weighted by molar-refractivity contribution is 9.10. The van der Waals surface area contributed by atoms with Gasteiger partial charge in [0.2, 0.25) is 0 Å². The molecule has 6 nitrogen and oxygen atoms in total. The highest BCUT2D eigenvalue weighted by Gasteiger charge is 2.46. The number of hydrogen-bond donors (Lipinski definition) is 1. The van der Waals surface area contributed by atoms with Gasteiger partial charge in [-0.05, 0) is 65.7 Å². The van der Waals surface area contributed by atoms with Crippen molar-refractivity contribution in [3.63, 3.8) is 0 Å². The molecule has 1 aromatic rings. The molecule has 0 saturated carbocycles. The predicted octanol–water partition coefficient (Wildman–Crippen LogP) is 6.10. The maximum Gasteiger partial charge on any atom is 0.315 e. The van der Waals surface area contributed by atoms with Crippen molar-refractivity contribution in [1.82, 2.24) is 0 Å². The first-order valence-corrected chi connectivity index (χ1v) is 12.5. The van der Waals surface area contributed by atoms with Crippen LogP contribution in [0.4, 0.5) is 0 Å². The van der Waals surface area contributed by atoms with Crippen LogP contribution in [0.15, 0.2) is 32.9 Å². The molecular weight excluding hydrogens is 486 g/mol. The molecule has 1 aliphatic carbocycles. The first-order valence-electron chi connectivity index (χ1n) is 11.7. The van der Waals surface area contributed by atoms with Gasteiger partial charge in [-0.15, -0.1) is 0 Å². The summed E-state index contributed by atoms with van der Waals surface area (Å²) in [4.78, 5) is 31.4. The van der Waals surface area contributed by atoms with E-state index in [0.717, 1.165) is 25.0 Å². The van der Waals surface area contributed by atoms with Crippen molar-refractivity contribution in [3.8, 4) is 11.5 Å². The molecule has 1 aromatic carbocycles. The number of ether oxygens (including phenoxy) is 2. The second kappa shape index (κ2) is 10.4. The van der Waals surface area contributed by atoms with E-state index < -0.39 is 11.8 Å². The van der Waals surface area contributed by atoms with Crippen LogP contribution in [0, 0.1) is 11.3 Å². The van der Waals surface area contributed by atoms with Crippen molar-refractivity contribution >= 4 is 33.4 Å². The fraction of sp³-hybridized carbons (Fsp3) is 0.577. The topological polar surface area (TPSA) is 85.2 Å². The molecule has 33 heavy (non-hydrogen) atoms. The number of aromatic hydroxyl groups is 1. The lowest BCUT2D eigenvalue weighted by atomic mass is 9.67. The predicted molar refractivity (Wildman–Crippen MR) is 132 cm³/mol. The van der Waals surface area contributed by atoms with Gasteiger partial charge in [0.15, 0.2) is 17.3 Å². The van der Waals surface area contributed by atoms with E-state index in [4.69, 9.17) is 14.5 Å². The number of benzene rings is 1. The van der Waals surface area contributed by atoms with E-state index in [2.05, 4.69) is 36.7 Å². The van der Waals surface area contributed by atoms with E-state index in [9.17, 15) is 14.7 Å². The smallest absolute Gasteiger partial charge is 0.315 e. The number of aliphatic imine (C=N–C) groups is 1. The van der Waals surface area contributed by atoms with E-state index in [-0.39, 0.29) is 22.9 Å². The third-order valence-electron chi connectivity index (χ3n) is 6.26. The van der Waals surface area contributed by atoms with Gasteiger partial charge in [-0.25, -0.2) is 0 Å². The lowest BCUT2D eigenvalue weighted by molar-refractivity contribution is -0.146. The first-order chi connectivity index (χ1) is 15.6. The highest BCUT2D eigenvalue weighted by atomic mass is 79.9.